The van der Waals surface area contributed by atoms with Gasteiger partial charge in [-0.3, -0.25) is 4.79 Å². The van der Waals surface area contributed by atoms with E-state index in [-0.39, 0.29) is 12.2 Å². The third-order valence-corrected chi connectivity index (χ3v) is 2.98. The number of hydrogen-bond donors (Lipinski definition) is 0. The number of ketones is 1. The summed E-state index contributed by atoms with van der Waals surface area (Å²) in [5, 5.41) is 0.478. The van der Waals surface area contributed by atoms with Crippen LogP contribution in [-0.2, 0) is 0 Å². The number of hydrogen-bond acceptors (Lipinski definition) is 2. The van der Waals surface area contributed by atoms with Crippen molar-refractivity contribution in [3.05, 3.63) is 64.2 Å². The molecule has 0 unspecified atom stereocenters. The van der Waals surface area contributed by atoms with Gasteiger partial charge in [0.05, 0.1) is 5.56 Å². The van der Waals surface area contributed by atoms with Gasteiger partial charge in [-0.2, -0.15) is 0 Å². The van der Waals surface area contributed by atoms with E-state index in [1.165, 1.54) is 0 Å². The maximum Gasteiger partial charge on any atom is 0.203 e. The quantitative estimate of drug-likeness (QED) is 0.791. The molecule has 0 aliphatic rings. The Kier molecular flexibility index (Phi) is 4.35. The smallest absolute Gasteiger partial charge is 0.203 e. The first-order valence-electron chi connectivity index (χ1n) is 5.84. The lowest BCUT2D eigenvalue weighted by Crippen LogP contribution is -2.13. The summed E-state index contributed by atoms with van der Waals surface area (Å²) in [5.41, 5.74) is 0.604. The van der Waals surface area contributed by atoms with Crippen molar-refractivity contribution in [3.8, 4) is 5.75 Å². The zero-order valence-corrected chi connectivity index (χ0v) is 11.4. The molecule has 0 saturated carbocycles. The largest absolute Gasteiger partial charge is 0.485 e. The molecule has 0 radical (unpaired) electrons. The van der Waals surface area contributed by atoms with Gasteiger partial charge in [-0.25, -0.2) is 8.78 Å². The fraction of sp³-hybridized carbons (Fsp3) is 0.133. The van der Waals surface area contributed by atoms with Crippen molar-refractivity contribution in [2.45, 2.75) is 6.92 Å². The summed E-state index contributed by atoms with van der Waals surface area (Å²) in [5.74, 6) is -1.75. The van der Waals surface area contributed by atoms with Gasteiger partial charge in [0.15, 0.2) is 6.61 Å². The van der Waals surface area contributed by atoms with E-state index < -0.39 is 17.4 Å². The number of rotatable bonds is 4. The molecule has 0 bridgehead atoms. The van der Waals surface area contributed by atoms with E-state index in [9.17, 15) is 13.6 Å². The molecule has 0 atom stereocenters. The second-order valence-corrected chi connectivity index (χ2v) is 4.68. The van der Waals surface area contributed by atoms with Gasteiger partial charge >= 0.3 is 0 Å². The first kappa shape index (κ1) is 14.5. The van der Waals surface area contributed by atoms with Gasteiger partial charge in [0, 0.05) is 11.1 Å². The van der Waals surface area contributed by atoms with Gasteiger partial charge in [0.2, 0.25) is 5.78 Å². The van der Waals surface area contributed by atoms with Gasteiger partial charge in [-0.05, 0) is 36.8 Å². The van der Waals surface area contributed by atoms with Crippen molar-refractivity contribution in [1.82, 2.24) is 0 Å². The molecule has 0 aromatic heterocycles. The molecule has 0 aliphatic heterocycles. The maximum absolute atomic E-state index is 13.4. The Morgan fingerprint density at radius 1 is 1.20 bits per heavy atom. The SMILES string of the molecule is Cc1ccc(Cl)cc1OCC(=O)c1ccc(F)cc1F. The van der Waals surface area contributed by atoms with Crippen LogP contribution in [0.2, 0.25) is 5.02 Å². The Labute approximate surface area is 119 Å². The Hall–Kier alpha value is -1.94. The molecule has 0 fully saturated rings. The van der Waals surface area contributed by atoms with E-state index in [2.05, 4.69) is 0 Å². The minimum absolute atomic E-state index is 0.203. The molecule has 20 heavy (non-hydrogen) atoms. The number of benzene rings is 2. The molecule has 2 rings (SSSR count). The van der Waals surface area contributed by atoms with E-state index in [0.29, 0.717) is 16.8 Å². The number of carbonyl (C=O) groups is 1. The van der Waals surface area contributed by atoms with Crippen LogP contribution in [0.25, 0.3) is 0 Å². The Balaban J connectivity index is 2.10. The Morgan fingerprint density at radius 3 is 2.65 bits per heavy atom. The lowest BCUT2D eigenvalue weighted by Gasteiger charge is -2.09. The zero-order valence-electron chi connectivity index (χ0n) is 10.6. The van der Waals surface area contributed by atoms with E-state index in [1.54, 1.807) is 25.1 Å². The molecule has 5 heteroatoms. The average Bonchev–Trinajstić information content (AvgIpc) is 2.39. The van der Waals surface area contributed by atoms with Crippen LogP contribution in [0.3, 0.4) is 0 Å². The van der Waals surface area contributed by atoms with Gasteiger partial charge in [0.1, 0.15) is 17.4 Å². The maximum atomic E-state index is 13.4. The summed E-state index contributed by atoms with van der Waals surface area (Å²) in [7, 11) is 0. The molecular formula is C15H11ClF2O2. The second kappa shape index (κ2) is 6.01. The van der Waals surface area contributed by atoms with E-state index in [0.717, 1.165) is 17.7 Å². The van der Waals surface area contributed by atoms with Crippen LogP contribution in [0.5, 0.6) is 5.75 Å². The molecule has 2 nitrogen and oxygen atoms in total. The highest BCUT2D eigenvalue weighted by Gasteiger charge is 2.13. The predicted octanol–water partition coefficient (Wildman–Crippen LogP) is 4.19. The summed E-state index contributed by atoms with van der Waals surface area (Å²) >= 11 is 5.83. The van der Waals surface area contributed by atoms with Crippen LogP contribution in [0.1, 0.15) is 15.9 Å². The van der Waals surface area contributed by atoms with Crippen molar-refractivity contribution >= 4 is 17.4 Å². The Bertz CT molecular complexity index is 656. The number of halogens is 3. The third kappa shape index (κ3) is 3.33. The average molecular weight is 297 g/mol. The standard InChI is InChI=1S/C15H11ClF2O2/c1-9-2-3-10(16)6-15(9)20-8-14(19)12-5-4-11(17)7-13(12)18/h2-7H,8H2,1H3. The molecule has 2 aromatic rings. The minimum atomic E-state index is -0.901. The normalized spacial score (nSPS) is 10.4. The van der Waals surface area contributed by atoms with Gasteiger partial charge in [0.25, 0.3) is 0 Å². The molecule has 104 valence electrons. The summed E-state index contributed by atoms with van der Waals surface area (Å²) < 4.78 is 31.5. The lowest BCUT2D eigenvalue weighted by atomic mass is 10.1. The van der Waals surface area contributed by atoms with Crippen LogP contribution in [0, 0.1) is 18.6 Å². The van der Waals surface area contributed by atoms with Gasteiger partial charge in [-0.1, -0.05) is 17.7 Å². The van der Waals surface area contributed by atoms with Crippen LogP contribution >= 0.6 is 11.6 Å². The third-order valence-electron chi connectivity index (χ3n) is 2.74. The van der Waals surface area contributed by atoms with E-state index >= 15 is 0 Å². The number of ether oxygens (including phenoxy) is 1. The highest BCUT2D eigenvalue weighted by molar-refractivity contribution is 6.30. The topological polar surface area (TPSA) is 26.3 Å². The highest BCUT2D eigenvalue weighted by atomic mass is 35.5. The molecule has 2 aromatic carbocycles. The van der Waals surface area contributed by atoms with Crippen molar-refractivity contribution in [3.63, 3.8) is 0 Å². The van der Waals surface area contributed by atoms with Gasteiger partial charge < -0.3 is 4.74 Å². The zero-order chi connectivity index (χ0) is 14.7. The molecule has 0 saturated heterocycles. The van der Waals surface area contributed by atoms with Crippen molar-refractivity contribution in [2.24, 2.45) is 0 Å². The summed E-state index contributed by atoms with van der Waals surface area (Å²) in [6.45, 7) is 1.46. The predicted molar refractivity (Wildman–Crippen MR) is 72.4 cm³/mol. The van der Waals surface area contributed by atoms with Crippen LogP contribution in [-0.4, -0.2) is 12.4 Å². The van der Waals surface area contributed by atoms with E-state index in [1.807, 2.05) is 0 Å². The first-order chi connectivity index (χ1) is 9.47. The number of carbonyl (C=O) groups excluding carboxylic acids is 1. The second-order valence-electron chi connectivity index (χ2n) is 4.25. The fourth-order valence-corrected chi connectivity index (χ4v) is 1.83. The summed E-state index contributed by atoms with van der Waals surface area (Å²) in [4.78, 5) is 11.8. The highest BCUT2D eigenvalue weighted by Crippen LogP contribution is 2.22. The Morgan fingerprint density at radius 2 is 1.95 bits per heavy atom. The monoisotopic (exact) mass is 296 g/mol. The van der Waals surface area contributed by atoms with Crippen molar-refractivity contribution < 1.29 is 18.3 Å². The molecule has 0 heterocycles. The van der Waals surface area contributed by atoms with E-state index in [4.69, 9.17) is 16.3 Å². The number of Topliss-reactive ketones (excluding diaryl/α,β-unsaturated/α-hetero) is 1. The first-order valence-corrected chi connectivity index (χ1v) is 6.22. The van der Waals surface area contributed by atoms with Crippen molar-refractivity contribution in [2.75, 3.05) is 6.61 Å². The lowest BCUT2D eigenvalue weighted by molar-refractivity contribution is 0.0917. The van der Waals surface area contributed by atoms with Crippen LogP contribution in [0.15, 0.2) is 36.4 Å². The molecular weight excluding hydrogens is 286 g/mol. The number of aryl methyl sites for hydroxylation is 1. The van der Waals surface area contributed by atoms with Crippen LogP contribution < -0.4 is 4.74 Å². The molecule has 0 spiro atoms. The molecule has 0 N–H and O–H groups in total. The van der Waals surface area contributed by atoms with Crippen LogP contribution in [0.4, 0.5) is 8.78 Å². The summed E-state index contributed by atoms with van der Waals surface area (Å²) in [6, 6.07) is 7.82. The molecule has 0 aliphatic carbocycles. The molecule has 0 amide bonds. The van der Waals surface area contributed by atoms with Crippen molar-refractivity contribution in [1.29, 1.82) is 0 Å². The minimum Gasteiger partial charge on any atom is -0.485 e. The summed E-state index contributed by atoms with van der Waals surface area (Å²) in [6.07, 6.45) is 0. The van der Waals surface area contributed by atoms with Gasteiger partial charge in [-0.15, -0.1) is 0 Å². The fourth-order valence-electron chi connectivity index (χ4n) is 1.67.